The predicted molar refractivity (Wildman–Crippen MR) is 110 cm³/mol. The highest BCUT2D eigenvalue weighted by molar-refractivity contribution is 5.88. The Morgan fingerprint density at radius 2 is 2.00 bits per heavy atom. The number of hydrogen-bond acceptors (Lipinski definition) is 4. The van der Waals surface area contributed by atoms with Crippen molar-refractivity contribution in [2.45, 2.75) is 26.4 Å². The molecule has 3 aromatic rings. The second-order valence-electron chi connectivity index (χ2n) is 7.32. The normalized spacial score (nSPS) is 16.8. The first-order chi connectivity index (χ1) is 14.0. The molecule has 3 heterocycles. The van der Waals surface area contributed by atoms with Crippen molar-refractivity contribution in [1.29, 1.82) is 0 Å². The van der Waals surface area contributed by atoms with Gasteiger partial charge in [-0.05, 0) is 19.4 Å². The van der Waals surface area contributed by atoms with E-state index in [1.165, 1.54) is 5.56 Å². The van der Waals surface area contributed by atoms with E-state index in [4.69, 9.17) is 9.84 Å². The van der Waals surface area contributed by atoms with E-state index in [0.29, 0.717) is 32.1 Å². The number of carbonyl (C=O) groups excluding carboxylic acids is 1. The van der Waals surface area contributed by atoms with Crippen molar-refractivity contribution < 1.29 is 9.53 Å². The lowest BCUT2D eigenvalue weighted by atomic mass is 10.0. The Kier molecular flexibility index (Phi) is 5.35. The number of benzene rings is 1. The van der Waals surface area contributed by atoms with Gasteiger partial charge in [-0.3, -0.25) is 14.7 Å². The van der Waals surface area contributed by atoms with Crippen molar-refractivity contribution in [1.82, 2.24) is 24.5 Å². The maximum Gasteiger partial charge on any atom is 0.323 e. The molecule has 0 spiro atoms. The van der Waals surface area contributed by atoms with Crippen molar-refractivity contribution >= 4 is 11.8 Å². The lowest BCUT2D eigenvalue weighted by Crippen LogP contribution is -2.45. The number of anilines is 1. The van der Waals surface area contributed by atoms with Gasteiger partial charge < -0.3 is 9.64 Å². The molecule has 29 heavy (non-hydrogen) atoms. The SMILES string of the molecule is Cc1nn(Cc2ccccc2)c(C)c1[C@H]1COCCN1C(=O)Nc1ccn(C)n1. The summed E-state index contributed by atoms with van der Waals surface area (Å²) in [6.07, 6.45) is 1.80. The van der Waals surface area contributed by atoms with Gasteiger partial charge in [-0.25, -0.2) is 4.79 Å². The van der Waals surface area contributed by atoms with Crippen LogP contribution in [-0.2, 0) is 18.3 Å². The van der Waals surface area contributed by atoms with Gasteiger partial charge in [0.15, 0.2) is 5.82 Å². The summed E-state index contributed by atoms with van der Waals surface area (Å²) in [6, 6.07) is 11.7. The number of nitrogens with zero attached hydrogens (tertiary/aromatic N) is 5. The molecule has 2 aromatic heterocycles. The predicted octanol–water partition coefficient (Wildman–Crippen LogP) is 2.89. The van der Waals surface area contributed by atoms with Crippen LogP contribution in [0.2, 0.25) is 0 Å². The van der Waals surface area contributed by atoms with Gasteiger partial charge in [-0.2, -0.15) is 10.2 Å². The van der Waals surface area contributed by atoms with Crippen molar-refractivity contribution in [2.24, 2.45) is 7.05 Å². The molecule has 1 atom stereocenters. The average Bonchev–Trinajstić information content (AvgIpc) is 3.24. The van der Waals surface area contributed by atoms with E-state index >= 15 is 0 Å². The van der Waals surface area contributed by atoms with E-state index in [-0.39, 0.29) is 12.1 Å². The average molecular weight is 394 g/mol. The number of morpholine rings is 1. The molecule has 0 bridgehead atoms. The Morgan fingerprint density at radius 3 is 2.72 bits per heavy atom. The minimum atomic E-state index is -0.183. The summed E-state index contributed by atoms with van der Waals surface area (Å²) in [5, 5.41) is 11.9. The van der Waals surface area contributed by atoms with Crippen LogP contribution in [0.5, 0.6) is 0 Å². The molecule has 1 saturated heterocycles. The molecule has 0 unspecified atom stereocenters. The van der Waals surface area contributed by atoms with Crippen LogP contribution in [0.4, 0.5) is 10.6 Å². The molecule has 0 aliphatic carbocycles. The van der Waals surface area contributed by atoms with Crippen LogP contribution in [0.15, 0.2) is 42.6 Å². The summed E-state index contributed by atoms with van der Waals surface area (Å²) in [7, 11) is 1.82. The number of hydrogen-bond donors (Lipinski definition) is 1. The zero-order chi connectivity index (χ0) is 20.4. The molecule has 1 N–H and O–H groups in total. The topological polar surface area (TPSA) is 77.2 Å². The first-order valence-corrected chi connectivity index (χ1v) is 9.76. The van der Waals surface area contributed by atoms with E-state index in [0.717, 1.165) is 17.0 Å². The largest absolute Gasteiger partial charge is 0.377 e. The molecule has 4 rings (SSSR count). The number of carbonyl (C=O) groups is 1. The highest BCUT2D eigenvalue weighted by atomic mass is 16.5. The van der Waals surface area contributed by atoms with E-state index in [1.54, 1.807) is 16.9 Å². The number of urea groups is 1. The fourth-order valence-corrected chi connectivity index (χ4v) is 3.85. The summed E-state index contributed by atoms with van der Waals surface area (Å²) in [6.45, 7) is 6.24. The van der Waals surface area contributed by atoms with Crippen molar-refractivity contribution in [3.63, 3.8) is 0 Å². The summed E-state index contributed by atoms with van der Waals surface area (Å²) in [5.41, 5.74) is 4.22. The molecular weight excluding hydrogens is 368 g/mol. The van der Waals surface area contributed by atoms with Crippen molar-refractivity contribution in [3.8, 4) is 0 Å². The van der Waals surface area contributed by atoms with Gasteiger partial charge in [0, 0.05) is 37.1 Å². The Balaban J connectivity index is 1.58. The number of aryl methyl sites for hydroxylation is 2. The van der Waals surface area contributed by atoms with E-state index < -0.39 is 0 Å². The number of rotatable bonds is 4. The van der Waals surface area contributed by atoms with Gasteiger partial charge in [0.25, 0.3) is 0 Å². The fraction of sp³-hybridized carbons (Fsp3) is 0.381. The lowest BCUT2D eigenvalue weighted by Gasteiger charge is -2.35. The molecule has 0 saturated carbocycles. The number of amides is 2. The van der Waals surface area contributed by atoms with Crippen LogP contribution < -0.4 is 5.32 Å². The number of nitrogens with one attached hydrogen (secondary N) is 1. The Morgan fingerprint density at radius 1 is 1.21 bits per heavy atom. The second-order valence-corrected chi connectivity index (χ2v) is 7.32. The molecule has 8 heteroatoms. The molecule has 152 valence electrons. The van der Waals surface area contributed by atoms with Crippen molar-refractivity contribution in [2.75, 3.05) is 25.1 Å². The first-order valence-electron chi connectivity index (χ1n) is 9.76. The quantitative estimate of drug-likeness (QED) is 0.738. The third kappa shape index (κ3) is 4.02. The molecule has 1 aromatic carbocycles. The molecule has 0 radical (unpaired) electrons. The Bertz CT molecular complexity index is 994. The van der Waals surface area contributed by atoms with E-state index in [2.05, 4.69) is 29.5 Å². The molecule has 1 aliphatic rings. The summed E-state index contributed by atoms with van der Waals surface area (Å²) in [5.74, 6) is 0.538. The molecule has 2 amide bonds. The van der Waals surface area contributed by atoms with E-state index in [9.17, 15) is 4.79 Å². The van der Waals surface area contributed by atoms with Crippen LogP contribution in [0, 0.1) is 13.8 Å². The summed E-state index contributed by atoms with van der Waals surface area (Å²) >= 11 is 0. The summed E-state index contributed by atoms with van der Waals surface area (Å²) in [4.78, 5) is 14.8. The minimum absolute atomic E-state index is 0.174. The maximum absolute atomic E-state index is 13.0. The zero-order valence-corrected chi connectivity index (χ0v) is 17.0. The third-order valence-corrected chi connectivity index (χ3v) is 5.28. The monoisotopic (exact) mass is 394 g/mol. The lowest BCUT2D eigenvalue weighted by molar-refractivity contribution is 0.0143. The van der Waals surface area contributed by atoms with Gasteiger partial charge >= 0.3 is 6.03 Å². The van der Waals surface area contributed by atoms with Gasteiger partial charge in [-0.15, -0.1) is 0 Å². The van der Waals surface area contributed by atoms with Crippen LogP contribution in [0.3, 0.4) is 0 Å². The van der Waals surface area contributed by atoms with Gasteiger partial charge in [0.2, 0.25) is 0 Å². The standard InChI is InChI=1S/C21H26N6O2/c1-15-20(16(2)27(23-15)13-17-7-5-4-6-8-17)18-14-29-12-11-26(18)21(28)22-19-9-10-25(3)24-19/h4-10,18H,11-14H2,1-3H3,(H,22,24,28)/t18-/m1/s1. The smallest absolute Gasteiger partial charge is 0.323 e. The minimum Gasteiger partial charge on any atom is -0.377 e. The first kappa shape index (κ1) is 19.2. The molecule has 1 fully saturated rings. The Labute approximate surface area is 170 Å². The van der Waals surface area contributed by atoms with Gasteiger partial charge in [0.1, 0.15) is 0 Å². The highest BCUT2D eigenvalue weighted by Gasteiger charge is 2.33. The number of aromatic nitrogens is 4. The zero-order valence-electron chi connectivity index (χ0n) is 17.0. The number of ether oxygens (including phenoxy) is 1. The van der Waals surface area contributed by atoms with Crippen molar-refractivity contribution in [3.05, 3.63) is 65.1 Å². The Hall–Kier alpha value is -3.13. The highest BCUT2D eigenvalue weighted by Crippen LogP contribution is 2.30. The van der Waals surface area contributed by atoms with Crippen LogP contribution in [-0.4, -0.2) is 50.3 Å². The molecule has 1 aliphatic heterocycles. The summed E-state index contributed by atoms with van der Waals surface area (Å²) < 4.78 is 9.39. The molecular formula is C21H26N6O2. The fourth-order valence-electron chi connectivity index (χ4n) is 3.85. The van der Waals surface area contributed by atoms with E-state index in [1.807, 2.05) is 41.8 Å². The molecule has 8 nitrogen and oxygen atoms in total. The maximum atomic E-state index is 13.0. The van der Waals surface area contributed by atoms with Crippen LogP contribution in [0.1, 0.15) is 28.6 Å². The third-order valence-electron chi connectivity index (χ3n) is 5.28. The second kappa shape index (κ2) is 8.08. The van der Waals surface area contributed by atoms with Gasteiger partial charge in [0.05, 0.1) is 31.5 Å². The van der Waals surface area contributed by atoms with Crippen LogP contribution in [0.25, 0.3) is 0 Å². The van der Waals surface area contributed by atoms with Gasteiger partial charge in [-0.1, -0.05) is 30.3 Å². The van der Waals surface area contributed by atoms with Crippen LogP contribution >= 0.6 is 0 Å².